The molecule has 166 valence electrons. The lowest BCUT2D eigenvalue weighted by molar-refractivity contribution is 0.197. The Hall–Kier alpha value is -2.56. The third-order valence-corrected chi connectivity index (χ3v) is 7.49. The van der Waals surface area contributed by atoms with Crippen LogP contribution in [0.1, 0.15) is 48.3 Å². The van der Waals surface area contributed by atoms with E-state index < -0.39 is 16.1 Å². The molecule has 0 radical (unpaired) electrons. The number of aromatic nitrogens is 3. The van der Waals surface area contributed by atoms with E-state index in [2.05, 4.69) is 15.3 Å². The molecule has 0 aliphatic carbocycles. The standard InChI is InChI=1S/C21H26N4O5S/c1-14-7-8-16(18-12-15(2)23-29-18)13-19(14)31(26,27)25-10-5-4-6-17(25)21-22-20(24-30-21)9-11-28-3/h7-8,12-13,17H,4-6,9-11H2,1-3H3. The van der Waals surface area contributed by atoms with Crippen LogP contribution in [0.15, 0.2) is 38.2 Å². The number of nitrogens with zero attached hydrogens (tertiary/aromatic N) is 4. The van der Waals surface area contributed by atoms with Crippen molar-refractivity contribution >= 4 is 10.0 Å². The van der Waals surface area contributed by atoms with Gasteiger partial charge in [-0.3, -0.25) is 0 Å². The molecule has 0 bridgehead atoms. The summed E-state index contributed by atoms with van der Waals surface area (Å²) in [4.78, 5) is 4.67. The molecular formula is C21H26N4O5S. The van der Waals surface area contributed by atoms with E-state index in [1.165, 1.54) is 4.31 Å². The van der Waals surface area contributed by atoms with Crippen molar-refractivity contribution in [2.75, 3.05) is 20.3 Å². The summed E-state index contributed by atoms with van der Waals surface area (Å²) < 4.78 is 44.8. The highest BCUT2D eigenvalue weighted by atomic mass is 32.2. The Morgan fingerprint density at radius 1 is 1.16 bits per heavy atom. The van der Waals surface area contributed by atoms with Crippen LogP contribution >= 0.6 is 0 Å². The van der Waals surface area contributed by atoms with Crippen molar-refractivity contribution in [3.63, 3.8) is 0 Å². The normalized spacial score (nSPS) is 17.8. The van der Waals surface area contributed by atoms with Crippen LogP contribution in [-0.4, -0.2) is 48.3 Å². The van der Waals surface area contributed by atoms with E-state index in [0.717, 1.165) is 18.5 Å². The van der Waals surface area contributed by atoms with Crippen LogP contribution in [0.3, 0.4) is 0 Å². The molecular weight excluding hydrogens is 420 g/mol. The zero-order chi connectivity index (χ0) is 22.0. The number of rotatable bonds is 7. The van der Waals surface area contributed by atoms with Gasteiger partial charge in [-0.25, -0.2) is 8.42 Å². The van der Waals surface area contributed by atoms with E-state index in [-0.39, 0.29) is 4.90 Å². The van der Waals surface area contributed by atoms with Crippen LogP contribution in [-0.2, 0) is 21.2 Å². The van der Waals surface area contributed by atoms with Gasteiger partial charge in [0.05, 0.1) is 17.2 Å². The molecule has 4 rings (SSSR count). The van der Waals surface area contributed by atoms with Crippen LogP contribution in [0.4, 0.5) is 0 Å². The molecule has 0 amide bonds. The van der Waals surface area contributed by atoms with Crippen molar-refractivity contribution in [1.82, 2.24) is 19.6 Å². The predicted molar refractivity (Wildman–Crippen MR) is 112 cm³/mol. The van der Waals surface area contributed by atoms with E-state index in [9.17, 15) is 8.42 Å². The van der Waals surface area contributed by atoms with Crippen LogP contribution in [0.25, 0.3) is 11.3 Å². The first kappa shape index (κ1) is 21.7. The maximum absolute atomic E-state index is 13.7. The second-order valence-corrected chi connectivity index (χ2v) is 9.59. The first-order valence-electron chi connectivity index (χ1n) is 10.3. The third kappa shape index (κ3) is 4.41. The minimum absolute atomic E-state index is 0.241. The zero-order valence-corrected chi connectivity index (χ0v) is 18.7. The minimum Gasteiger partial charge on any atom is -0.384 e. The summed E-state index contributed by atoms with van der Waals surface area (Å²) in [5.41, 5.74) is 2.06. The molecule has 1 aromatic carbocycles. The first-order chi connectivity index (χ1) is 14.9. The Kier molecular flexibility index (Phi) is 6.22. The fraction of sp³-hybridized carbons (Fsp3) is 0.476. The molecule has 1 aliphatic rings. The van der Waals surface area contributed by atoms with E-state index >= 15 is 0 Å². The van der Waals surface area contributed by atoms with Gasteiger partial charge in [0, 0.05) is 31.7 Å². The van der Waals surface area contributed by atoms with Crippen molar-refractivity contribution in [2.24, 2.45) is 0 Å². The zero-order valence-electron chi connectivity index (χ0n) is 17.9. The SMILES string of the molecule is COCCc1noc(C2CCCCN2S(=O)(=O)c2cc(-c3cc(C)no3)ccc2C)n1. The Morgan fingerprint density at radius 2 is 2.00 bits per heavy atom. The predicted octanol–water partition coefficient (Wildman–Crippen LogP) is 3.45. The molecule has 3 aromatic rings. The van der Waals surface area contributed by atoms with Gasteiger partial charge in [0.1, 0.15) is 6.04 Å². The lowest BCUT2D eigenvalue weighted by Crippen LogP contribution is -2.39. The van der Waals surface area contributed by atoms with Gasteiger partial charge in [-0.15, -0.1) is 0 Å². The van der Waals surface area contributed by atoms with Crippen LogP contribution < -0.4 is 0 Å². The fourth-order valence-electron chi connectivity index (χ4n) is 3.79. The van der Waals surface area contributed by atoms with Crippen molar-refractivity contribution < 1.29 is 22.2 Å². The number of aryl methyl sites for hydroxylation is 2. The molecule has 1 fully saturated rings. The topological polar surface area (TPSA) is 112 Å². The fourth-order valence-corrected chi connectivity index (χ4v) is 5.70. The highest BCUT2D eigenvalue weighted by Crippen LogP contribution is 2.36. The number of methoxy groups -OCH3 is 1. The summed E-state index contributed by atoms with van der Waals surface area (Å²) in [5.74, 6) is 1.37. The maximum atomic E-state index is 13.7. The Morgan fingerprint density at radius 3 is 2.74 bits per heavy atom. The summed E-state index contributed by atoms with van der Waals surface area (Å²) >= 11 is 0. The second kappa shape index (κ2) is 8.89. The van der Waals surface area contributed by atoms with E-state index in [1.54, 1.807) is 32.2 Å². The highest BCUT2D eigenvalue weighted by molar-refractivity contribution is 7.89. The monoisotopic (exact) mass is 446 g/mol. The molecule has 0 N–H and O–H groups in total. The number of benzene rings is 1. The number of sulfonamides is 1. The van der Waals surface area contributed by atoms with Crippen molar-refractivity contribution in [2.45, 2.75) is 50.5 Å². The molecule has 9 nitrogen and oxygen atoms in total. The molecule has 2 aromatic heterocycles. The summed E-state index contributed by atoms with van der Waals surface area (Å²) in [7, 11) is -2.20. The number of ether oxygens (including phenoxy) is 1. The van der Waals surface area contributed by atoms with Gasteiger partial charge in [-0.2, -0.15) is 9.29 Å². The van der Waals surface area contributed by atoms with E-state index in [1.807, 2.05) is 13.0 Å². The molecule has 0 saturated carbocycles. The minimum atomic E-state index is -3.80. The number of hydrogen-bond donors (Lipinski definition) is 0. The van der Waals surface area contributed by atoms with Gasteiger partial charge in [-0.05, 0) is 38.3 Å². The summed E-state index contributed by atoms with van der Waals surface area (Å²) in [6.07, 6.45) is 2.81. The smallest absolute Gasteiger partial charge is 0.245 e. The van der Waals surface area contributed by atoms with Gasteiger partial charge >= 0.3 is 0 Å². The summed E-state index contributed by atoms with van der Waals surface area (Å²) in [6, 6.07) is 6.56. The molecule has 0 spiro atoms. The van der Waals surface area contributed by atoms with Crippen molar-refractivity contribution in [1.29, 1.82) is 0 Å². The summed E-state index contributed by atoms with van der Waals surface area (Å²) in [5, 5.41) is 7.89. The average Bonchev–Trinajstić information content (AvgIpc) is 3.41. The highest BCUT2D eigenvalue weighted by Gasteiger charge is 2.38. The number of hydrogen-bond acceptors (Lipinski definition) is 8. The summed E-state index contributed by atoms with van der Waals surface area (Å²) in [6.45, 7) is 4.48. The van der Waals surface area contributed by atoms with E-state index in [0.29, 0.717) is 54.6 Å². The largest absolute Gasteiger partial charge is 0.384 e. The van der Waals surface area contributed by atoms with Crippen molar-refractivity contribution in [3.05, 3.63) is 47.2 Å². The molecule has 1 saturated heterocycles. The van der Waals surface area contributed by atoms with Crippen LogP contribution in [0.5, 0.6) is 0 Å². The van der Waals surface area contributed by atoms with Crippen LogP contribution in [0, 0.1) is 13.8 Å². The number of piperidine rings is 1. The van der Waals surface area contributed by atoms with Crippen molar-refractivity contribution in [3.8, 4) is 11.3 Å². The van der Waals surface area contributed by atoms with Gasteiger partial charge < -0.3 is 13.8 Å². The van der Waals surface area contributed by atoms with Crippen LogP contribution in [0.2, 0.25) is 0 Å². The average molecular weight is 447 g/mol. The first-order valence-corrected chi connectivity index (χ1v) is 11.7. The molecule has 1 aliphatic heterocycles. The van der Waals surface area contributed by atoms with Gasteiger partial charge in [0.25, 0.3) is 0 Å². The quantitative estimate of drug-likeness (QED) is 0.542. The molecule has 1 atom stereocenters. The van der Waals surface area contributed by atoms with Gasteiger partial charge in [-0.1, -0.05) is 28.9 Å². The Labute approximate surface area is 181 Å². The van der Waals surface area contributed by atoms with E-state index in [4.69, 9.17) is 13.8 Å². The van der Waals surface area contributed by atoms with Gasteiger partial charge in [0.2, 0.25) is 15.9 Å². The molecule has 1 unspecified atom stereocenters. The lowest BCUT2D eigenvalue weighted by atomic mass is 10.1. The molecule has 3 heterocycles. The lowest BCUT2D eigenvalue weighted by Gasteiger charge is -2.32. The second-order valence-electron chi connectivity index (χ2n) is 7.73. The third-order valence-electron chi connectivity index (χ3n) is 5.44. The maximum Gasteiger partial charge on any atom is 0.245 e. The molecule has 10 heteroatoms. The van der Waals surface area contributed by atoms with Gasteiger partial charge in [0.15, 0.2) is 11.6 Å². The Balaban J connectivity index is 1.68. The Bertz CT molecular complexity index is 1150. The molecule has 31 heavy (non-hydrogen) atoms.